The predicted octanol–water partition coefficient (Wildman–Crippen LogP) is 1.81. The average Bonchev–Trinajstić information content (AvgIpc) is 3.46. The number of hydrogen-bond donors (Lipinski definition) is 5. The van der Waals surface area contributed by atoms with Crippen molar-refractivity contribution in [3.8, 4) is 11.1 Å². The summed E-state index contributed by atoms with van der Waals surface area (Å²) in [5, 5.41) is 23.7. The first-order valence-corrected chi connectivity index (χ1v) is 11.1. The van der Waals surface area contributed by atoms with Gasteiger partial charge in [-0.2, -0.15) is 0 Å². The molecule has 10 nitrogen and oxygen atoms in total. The molecule has 0 bridgehead atoms. The molecule has 2 aromatic carbocycles. The van der Waals surface area contributed by atoms with Gasteiger partial charge < -0.3 is 30.6 Å². The molecule has 10 heteroatoms. The standard InChI is InChI=1S/C25H26N4O6/c1-14(30)22(24(32)33)29-23(31)21(10-15-11-26-13-27-15)28-25(34)35-12-20-18-8-4-2-6-16(18)17-7-3-5-9-19(17)20/h2-9,11,13-14,20-22,30H,10,12H2,1H3,(H,26,27)(H,28,34)(H,29,31)(H,32,33)/t14-,21-,22+/m1/s1. The van der Waals surface area contributed by atoms with Crippen LogP contribution in [0.25, 0.3) is 11.1 Å². The number of aliphatic hydroxyl groups is 1. The highest BCUT2D eigenvalue weighted by Crippen LogP contribution is 2.44. The lowest BCUT2D eigenvalue weighted by atomic mass is 9.98. The third-order valence-corrected chi connectivity index (χ3v) is 5.98. The lowest BCUT2D eigenvalue weighted by molar-refractivity contribution is -0.145. The largest absolute Gasteiger partial charge is 0.480 e. The van der Waals surface area contributed by atoms with E-state index in [4.69, 9.17) is 4.74 Å². The summed E-state index contributed by atoms with van der Waals surface area (Å²) >= 11 is 0. The molecule has 0 saturated heterocycles. The molecule has 3 aromatic rings. The fourth-order valence-electron chi connectivity index (χ4n) is 4.25. The van der Waals surface area contributed by atoms with Gasteiger partial charge in [-0.15, -0.1) is 0 Å². The second kappa shape index (κ2) is 10.4. The quantitative estimate of drug-likeness (QED) is 0.314. The number of alkyl carbamates (subject to hydrolysis) is 1. The van der Waals surface area contributed by atoms with Gasteiger partial charge in [-0.25, -0.2) is 14.6 Å². The minimum absolute atomic E-state index is 0.0160. The molecule has 0 spiro atoms. The molecule has 1 heterocycles. The van der Waals surface area contributed by atoms with E-state index in [0.29, 0.717) is 5.69 Å². The molecule has 35 heavy (non-hydrogen) atoms. The van der Waals surface area contributed by atoms with Crippen molar-refractivity contribution in [3.63, 3.8) is 0 Å². The van der Waals surface area contributed by atoms with Gasteiger partial charge in [0.25, 0.3) is 0 Å². The number of ether oxygens (including phenoxy) is 1. The highest BCUT2D eigenvalue weighted by Gasteiger charge is 2.32. The van der Waals surface area contributed by atoms with Crippen LogP contribution < -0.4 is 10.6 Å². The first-order chi connectivity index (χ1) is 16.8. The number of aromatic nitrogens is 2. The maximum absolute atomic E-state index is 12.8. The normalized spacial score (nSPS) is 14.8. The summed E-state index contributed by atoms with van der Waals surface area (Å²) in [7, 11) is 0. The Morgan fingerprint density at radius 2 is 1.69 bits per heavy atom. The van der Waals surface area contributed by atoms with E-state index >= 15 is 0 Å². The van der Waals surface area contributed by atoms with E-state index in [1.165, 1.54) is 19.4 Å². The van der Waals surface area contributed by atoms with Crippen LogP contribution in [-0.4, -0.2) is 62.9 Å². The van der Waals surface area contributed by atoms with E-state index in [9.17, 15) is 24.6 Å². The Morgan fingerprint density at radius 1 is 1.06 bits per heavy atom. The number of hydrogen-bond acceptors (Lipinski definition) is 6. The van der Waals surface area contributed by atoms with Crippen molar-refractivity contribution in [2.45, 2.75) is 37.5 Å². The fourth-order valence-corrected chi connectivity index (χ4v) is 4.25. The van der Waals surface area contributed by atoms with Crippen molar-refractivity contribution in [1.29, 1.82) is 0 Å². The van der Waals surface area contributed by atoms with Gasteiger partial charge in [0.2, 0.25) is 5.91 Å². The molecule has 1 aliphatic rings. The number of amides is 2. The van der Waals surface area contributed by atoms with Crippen molar-refractivity contribution in [2.24, 2.45) is 0 Å². The average molecular weight is 479 g/mol. The first kappa shape index (κ1) is 24.0. The van der Waals surface area contributed by atoms with Crippen LogP contribution in [0.15, 0.2) is 61.1 Å². The molecule has 182 valence electrons. The minimum Gasteiger partial charge on any atom is -0.480 e. The second-order valence-corrected chi connectivity index (χ2v) is 8.37. The number of carboxylic acid groups (broad SMARTS) is 1. The number of aromatic amines is 1. The Balaban J connectivity index is 1.45. The Kier molecular flexibility index (Phi) is 7.11. The molecule has 0 radical (unpaired) electrons. The van der Waals surface area contributed by atoms with Crippen LogP contribution in [-0.2, 0) is 20.7 Å². The zero-order chi connectivity index (χ0) is 24.9. The molecular weight excluding hydrogens is 452 g/mol. The summed E-state index contributed by atoms with van der Waals surface area (Å²) in [5.74, 6) is -2.32. The number of carbonyl (C=O) groups is 3. The van der Waals surface area contributed by atoms with Crippen molar-refractivity contribution < 1.29 is 29.3 Å². The van der Waals surface area contributed by atoms with Crippen molar-refractivity contribution in [3.05, 3.63) is 77.9 Å². The molecule has 0 aliphatic heterocycles. The van der Waals surface area contributed by atoms with Gasteiger partial charge in [0.05, 0.1) is 12.4 Å². The highest BCUT2D eigenvalue weighted by atomic mass is 16.5. The predicted molar refractivity (Wildman–Crippen MR) is 126 cm³/mol. The van der Waals surface area contributed by atoms with Crippen LogP contribution in [0.1, 0.15) is 29.7 Å². The van der Waals surface area contributed by atoms with Gasteiger partial charge in [-0.1, -0.05) is 48.5 Å². The zero-order valence-electron chi connectivity index (χ0n) is 19.0. The fraction of sp³-hybridized carbons (Fsp3) is 0.280. The summed E-state index contributed by atoms with van der Waals surface area (Å²) in [6, 6.07) is 13.1. The number of aliphatic hydroxyl groups excluding tert-OH is 1. The number of carbonyl (C=O) groups excluding carboxylic acids is 2. The number of aliphatic carboxylic acids is 1. The molecule has 2 amide bonds. The summed E-state index contributed by atoms with van der Waals surface area (Å²) in [4.78, 5) is 43.7. The molecule has 1 aliphatic carbocycles. The van der Waals surface area contributed by atoms with Gasteiger partial charge in [0, 0.05) is 24.2 Å². The van der Waals surface area contributed by atoms with E-state index in [1.54, 1.807) is 0 Å². The van der Waals surface area contributed by atoms with Crippen molar-refractivity contribution >= 4 is 18.0 Å². The number of rotatable bonds is 9. The van der Waals surface area contributed by atoms with Gasteiger partial charge in [0.15, 0.2) is 6.04 Å². The Labute approximate surface area is 201 Å². The molecule has 0 saturated carbocycles. The monoisotopic (exact) mass is 478 g/mol. The van der Waals surface area contributed by atoms with Crippen LogP contribution in [0, 0.1) is 0 Å². The Hall–Kier alpha value is -4.18. The Morgan fingerprint density at radius 3 is 2.23 bits per heavy atom. The number of nitrogens with one attached hydrogen (secondary N) is 3. The molecular formula is C25H26N4O6. The Bertz CT molecular complexity index is 1160. The summed E-state index contributed by atoms with van der Waals surface area (Å²) in [6.07, 6.45) is 0.771. The second-order valence-electron chi connectivity index (χ2n) is 8.37. The topological polar surface area (TPSA) is 154 Å². The number of imidazole rings is 1. The molecule has 0 fully saturated rings. The van der Waals surface area contributed by atoms with Crippen molar-refractivity contribution in [2.75, 3.05) is 6.61 Å². The number of fused-ring (bicyclic) bond motifs is 3. The number of nitrogens with zero attached hydrogens (tertiary/aromatic N) is 1. The van der Waals surface area contributed by atoms with Crippen LogP contribution in [0.4, 0.5) is 4.79 Å². The first-order valence-electron chi connectivity index (χ1n) is 11.1. The van der Waals surface area contributed by atoms with Crippen LogP contribution in [0.5, 0.6) is 0 Å². The zero-order valence-corrected chi connectivity index (χ0v) is 19.0. The van der Waals surface area contributed by atoms with E-state index in [1.807, 2.05) is 48.5 Å². The maximum Gasteiger partial charge on any atom is 0.407 e. The lowest BCUT2D eigenvalue weighted by Gasteiger charge is -2.22. The summed E-state index contributed by atoms with van der Waals surface area (Å²) < 4.78 is 5.52. The van der Waals surface area contributed by atoms with Crippen molar-refractivity contribution in [1.82, 2.24) is 20.6 Å². The smallest absolute Gasteiger partial charge is 0.407 e. The van der Waals surface area contributed by atoms with E-state index in [2.05, 4.69) is 20.6 Å². The van der Waals surface area contributed by atoms with E-state index in [0.717, 1.165) is 22.3 Å². The van der Waals surface area contributed by atoms with E-state index in [-0.39, 0.29) is 18.9 Å². The summed E-state index contributed by atoms with van der Waals surface area (Å²) in [5.41, 5.74) is 4.83. The summed E-state index contributed by atoms with van der Waals surface area (Å²) in [6.45, 7) is 1.31. The van der Waals surface area contributed by atoms with Gasteiger partial charge >= 0.3 is 12.1 Å². The number of carboxylic acids is 1. The molecule has 4 rings (SSSR count). The molecule has 0 unspecified atom stereocenters. The lowest BCUT2D eigenvalue weighted by Crippen LogP contribution is -2.55. The number of benzene rings is 2. The molecule has 3 atom stereocenters. The van der Waals surface area contributed by atoms with Crippen LogP contribution in [0.3, 0.4) is 0 Å². The van der Waals surface area contributed by atoms with Gasteiger partial charge in [0.1, 0.15) is 12.6 Å². The maximum atomic E-state index is 12.8. The SMILES string of the molecule is C[C@@H](O)[C@H](NC(=O)[C@@H](Cc1cnc[nH]1)NC(=O)OCC1c2ccccc2-c2ccccc21)C(=O)O. The highest BCUT2D eigenvalue weighted by molar-refractivity contribution is 5.89. The van der Waals surface area contributed by atoms with Gasteiger partial charge in [-0.05, 0) is 29.2 Å². The minimum atomic E-state index is -1.53. The molecule has 5 N–H and O–H groups in total. The molecule has 1 aromatic heterocycles. The van der Waals surface area contributed by atoms with Crippen LogP contribution in [0.2, 0.25) is 0 Å². The van der Waals surface area contributed by atoms with Gasteiger partial charge in [-0.3, -0.25) is 4.79 Å². The van der Waals surface area contributed by atoms with Crippen LogP contribution >= 0.6 is 0 Å². The number of H-pyrrole nitrogens is 1. The van der Waals surface area contributed by atoms with E-state index < -0.39 is 36.2 Å². The third kappa shape index (κ3) is 5.33. The third-order valence-electron chi connectivity index (χ3n) is 5.98.